The van der Waals surface area contributed by atoms with E-state index in [1.165, 1.54) is 51.4 Å². The number of hydrogen-bond donors (Lipinski definition) is 2. The van der Waals surface area contributed by atoms with Crippen LogP contribution in [0.3, 0.4) is 0 Å². The first kappa shape index (κ1) is 20.2. The van der Waals surface area contributed by atoms with Gasteiger partial charge in [-0.3, -0.25) is 9.78 Å². The van der Waals surface area contributed by atoms with E-state index >= 15 is 0 Å². The number of phenolic OH excluding ortho intramolecular Hbond substituents is 1. The molecule has 0 atom stereocenters. The minimum absolute atomic E-state index is 0.0383. The van der Waals surface area contributed by atoms with Crippen molar-refractivity contribution in [3.63, 3.8) is 0 Å². The normalized spacial score (nSPS) is 11.0. The molecule has 26 heavy (non-hydrogen) atoms. The Morgan fingerprint density at radius 1 is 0.962 bits per heavy atom. The van der Waals surface area contributed by atoms with Gasteiger partial charge in [0.2, 0.25) is 0 Å². The van der Waals surface area contributed by atoms with Crippen molar-refractivity contribution >= 4 is 16.8 Å². The lowest BCUT2D eigenvalue weighted by atomic mass is 10.1. The number of rotatable bonds is 12. The quantitative estimate of drug-likeness (QED) is 0.487. The Morgan fingerprint density at radius 3 is 2.31 bits per heavy atom. The van der Waals surface area contributed by atoms with Crippen LogP contribution in [-0.4, -0.2) is 22.5 Å². The van der Waals surface area contributed by atoms with Crippen LogP contribution < -0.4 is 5.32 Å². The summed E-state index contributed by atoms with van der Waals surface area (Å²) in [7, 11) is 0. The van der Waals surface area contributed by atoms with Gasteiger partial charge in [-0.1, -0.05) is 76.8 Å². The summed E-state index contributed by atoms with van der Waals surface area (Å²) in [6.45, 7) is 2.89. The highest BCUT2D eigenvalue weighted by atomic mass is 16.3. The Bertz CT molecular complexity index is 685. The maximum Gasteiger partial charge on any atom is 0.255 e. The molecule has 0 aliphatic carbocycles. The summed E-state index contributed by atoms with van der Waals surface area (Å²) in [6.07, 6.45) is 14.4. The van der Waals surface area contributed by atoms with Gasteiger partial charge in [-0.15, -0.1) is 0 Å². The average Bonchev–Trinajstić information content (AvgIpc) is 2.66. The van der Waals surface area contributed by atoms with Gasteiger partial charge in [0, 0.05) is 18.1 Å². The fraction of sp³-hybridized carbons (Fsp3) is 0.545. The third-order valence-electron chi connectivity index (χ3n) is 4.81. The molecule has 1 aromatic carbocycles. The second kappa shape index (κ2) is 11.5. The van der Waals surface area contributed by atoms with Crippen LogP contribution in [0.25, 0.3) is 10.9 Å². The number of hydrogen-bond acceptors (Lipinski definition) is 3. The number of unbranched alkanes of at least 4 members (excludes halogenated alkanes) is 9. The van der Waals surface area contributed by atoms with Crippen molar-refractivity contribution < 1.29 is 9.90 Å². The lowest BCUT2D eigenvalue weighted by Crippen LogP contribution is -2.24. The molecule has 4 heteroatoms. The molecule has 2 rings (SSSR count). The van der Waals surface area contributed by atoms with Gasteiger partial charge in [0.15, 0.2) is 5.75 Å². The molecular formula is C22H32N2O2. The lowest BCUT2D eigenvalue weighted by molar-refractivity contribution is 0.0950. The van der Waals surface area contributed by atoms with E-state index in [1.807, 2.05) is 18.2 Å². The predicted octanol–water partition coefficient (Wildman–Crippen LogP) is 5.59. The van der Waals surface area contributed by atoms with Gasteiger partial charge in [0.25, 0.3) is 5.91 Å². The van der Waals surface area contributed by atoms with Crippen LogP contribution in [0.4, 0.5) is 0 Å². The molecule has 0 bridgehead atoms. The molecule has 1 aromatic heterocycles. The highest BCUT2D eigenvalue weighted by Crippen LogP contribution is 2.26. The van der Waals surface area contributed by atoms with Crippen molar-refractivity contribution in [1.82, 2.24) is 10.3 Å². The van der Waals surface area contributed by atoms with Gasteiger partial charge in [-0.25, -0.2) is 0 Å². The summed E-state index contributed by atoms with van der Waals surface area (Å²) >= 11 is 0. The van der Waals surface area contributed by atoms with Gasteiger partial charge >= 0.3 is 0 Å². The molecule has 2 N–H and O–H groups in total. The van der Waals surface area contributed by atoms with Crippen LogP contribution >= 0.6 is 0 Å². The number of carbonyl (C=O) groups is 1. The van der Waals surface area contributed by atoms with Crippen LogP contribution in [0.1, 0.15) is 81.5 Å². The van der Waals surface area contributed by atoms with E-state index in [9.17, 15) is 9.90 Å². The molecule has 0 aliphatic rings. The maximum absolute atomic E-state index is 12.3. The molecule has 2 aromatic rings. The van der Waals surface area contributed by atoms with Crippen molar-refractivity contribution in [3.8, 4) is 5.75 Å². The van der Waals surface area contributed by atoms with E-state index < -0.39 is 0 Å². The number of phenols is 1. The van der Waals surface area contributed by atoms with Crippen LogP contribution in [0, 0.1) is 0 Å². The predicted molar refractivity (Wildman–Crippen MR) is 108 cm³/mol. The zero-order valence-electron chi connectivity index (χ0n) is 16.0. The van der Waals surface area contributed by atoms with E-state index in [4.69, 9.17) is 0 Å². The summed E-state index contributed by atoms with van der Waals surface area (Å²) < 4.78 is 0. The number of aromatic hydroxyl groups is 1. The number of amides is 1. The second-order valence-electron chi connectivity index (χ2n) is 6.97. The number of carbonyl (C=O) groups excluding carboxylic acids is 1. The van der Waals surface area contributed by atoms with Gasteiger partial charge in [-0.05, 0) is 18.6 Å². The number of fused-ring (bicyclic) bond motifs is 1. The number of nitrogens with zero attached hydrogens (tertiary/aromatic N) is 1. The smallest absolute Gasteiger partial charge is 0.255 e. The van der Waals surface area contributed by atoms with Crippen LogP contribution in [-0.2, 0) is 0 Å². The summed E-state index contributed by atoms with van der Waals surface area (Å²) in [5, 5.41) is 14.0. The number of pyridine rings is 1. The topological polar surface area (TPSA) is 62.2 Å². The Hall–Kier alpha value is -2.10. The molecule has 142 valence electrons. The lowest BCUT2D eigenvalue weighted by Gasteiger charge is -2.08. The molecule has 1 heterocycles. The van der Waals surface area contributed by atoms with Crippen molar-refractivity contribution in [3.05, 3.63) is 36.0 Å². The molecule has 4 nitrogen and oxygen atoms in total. The number of benzene rings is 1. The van der Waals surface area contributed by atoms with E-state index in [-0.39, 0.29) is 11.7 Å². The number of aromatic nitrogens is 1. The molecule has 0 aliphatic heterocycles. The number of nitrogens with one attached hydrogen (secondary N) is 1. The third-order valence-corrected chi connectivity index (χ3v) is 4.81. The summed E-state index contributed by atoms with van der Waals surface area (Å²) in [5.41, 5.74) is 0.766. The van der Waals surface area contributed by atoms with E-state index in [0.717, 1.165) is 18.2 Å². The average molecular weight is 357 g/mol. The summed E-state index contributed by atoms with van der Waals surface area (Å²) in [6, 6.07) is 7.16. The zero-order valence-corrected chi connectivity index (χ0v) is 16.0. The van der Waals surface area contributed by atoms with Gasteiger partial charge < -0.3 is 10.4 Å². The van der Waals surface area contributed by atoms with Gasteiger partial charge in [0.1, 0.15) is 5.52 Å². The van der Waals surface area contributed by atoms with Crippen molar-refractivity contribution in [2.24, 2.45) is 0 Å². The first-order chi connectivity index (χ1) is 12.7. The molecule has 0 unspecified atom stereocenters. The maximum atomic E-state index is 12.3. The van der Waals surface area contributed by atoms with Crippen molar-refractivity contribution in [2.45, 2.75) is 71.1 Å². The Kier molecular flexibility index (Phi) is 8.94. The van der Waals surface area contributed by atoms with E-state index in [0.29, 0.717) is 17.6 Å². The zero-order chi connectivity index (χ0) is 18.6. The Morgan fingerprint density at radius 2 is 1.62 bits per heavy atom. The monoisotopic (exact) mass is 356 g/mol. The summed E-state index contributed by atoms with van der Waals surface area (Å²) in [4.78, 5) is 16.4. The van der Waals surface area contributed by atoms with E-state index in [2.05, 4.69) is 17.2 Å². The highest BCUT2D eigenvalue weighted by molar-refractivity contribution is 6.02. The molecule has 0 radical (unpaired) electrons. The standard InChI is InChI=1S/C22H32N2O2/c1-2-3-4-5-6-7-8-9-10-11-16-24-22(26)19-15-14-18-13-12-17-23-20(18)21(19)25/h12-15,17,25H,2-11,16H2,1H3,(H,24,26). The highest BCUT2D eigenvalue weighted by Gasteiger charge is 2.13. The van der Waals surface area contributed by atoms with Crippen LogP contribution in [0.2, 0.25) is 0 Å². The van der Waals surface area contributed by atoms with E-state index in [1.54, 1.807) is 12.3 Å². The molecule has 0 fully saturated rings. The summed E-state index contributed by atoms with van der Waals surface area (Å²) in [5.74, 6) is -0.269. The molecule has 0 saturated heterocycles. The minimum Gasteiger partial charge on any atom is -0.505 e. The van der Waals surface area contributed by atoms with Crippen LogP contribution in [0.5, 0.6) is 5.75 Å². The SMILES string of the molecule is CCCCCCCCCCCCNC(=O)c1ccc2cccnc2c1O. The van der Waals surface area contributed by atoms with Crippen molar-refractivity contribution in [1.29, 1.82) is 0 Å². The second-order valence-corrected chi connectivity index (χ2v) is 6.97. The molecular weight excluding hydrogens is 324 g/mol. The Labute approximate surface area is 157 Å². The molecule has 0 saturated carbocycles. The van der Waals surface area contributed by atoms with Crippen molar-refractivity contribution in [2.75, 3.05) is 6.54 Å². The molecule has 1 amide bonds. The largest absolute Gasteiger partial charge is 0.505 e. The fourth-order valence-corrected chi connectivity index (χ4v) is 3.22. The van der Waals surface area contributed by atoms with Crippen LogP contribution in [0.15, 0.2) is 30.5 Å². The van der Waals surface area contributed by atoms with Gasteiger partial charge in [-0.2, -0.15) is 0 Å². The molecule has 0 spiro atoms. The first-order valence-electron chi connectivity index (χ1n) is 10.1. The fourth-order valence-electron chi connectivity index (χ4n) is 3.22. The Balaban J connectivity index is 1.62. The van der Waals surface area contributed by atoms with Gasteiger partial charge in [0.05, 0.1) is 5.56 Å². The first-order valence-corrected chi connectivity index (χ1v) is 10.1. The minimum atomic E-state index is -0.231. The third kappa shape index (κ3) is 6.32.